The highest BCUT2D eigenvalue weighted by molar-refractivity contribution is 9.11. The largest absolute Gasteiger partial charge is 0.396 e. The molecule has 2 aromatic heterocycles. The van der Waals surface area contributed by atoms with E-state index >= 15 is 0 Å². The fourth-order valence-electron chi connectivity index (χ4n) is 1.93. The molecule has 3 nitrogen and oxygen atoms in total. The molecule has 0 atom stereocenters. The van der Waals surface area contributed by atoms with Crippen LogP contribution in [-0.2, 0) is 6.54 Å². The highest BCUT2D eigenvalue weighted by atomic mass is 79.9. The summed E-state index contributed by atoms with van der Waals surface area (Å²) in [6.45, 7) is 0.712. The number of nitrogen functional groups attached to an aromatic ring is 1. The minimum absolute atomic E-state index is 0.705. The first kappa shape index (κ1) is 13.9. The molecule has 6 heteroatoms. The zero-order valence-corrected chi connectivity index (χ0v) is 14.4. The Morgan fingerprint density at radius 1 is 1.10 bits per heavy atom. The molecule has 0 fully saturated rings. The quantitative estimate of drug-likeness (QED) is 0.673. The SMILES string of the molecule is Nc1cn(Cc2ccc(Br)cc2)nc1-c1ccc(Br)s1. The average Bonchev–Trinajstić information content (AvgIpc) is 2.98. The van der Waals surface area contributed by atoms with E-state index in [9.17, 15) is 0 Å². The maximum absolute atomic E-state index is 6.06. The molecule has 0 unspecified atom stereocenters. The van der Waals surface area contributed by atoms with Crippen LogP contribution in [0.1, 0.15) is 5.56 Å². The predicted octanol–water partition coefficient (Wildman–Crippen LogP) is 4.77. The number of hydrogen-bond acceptors (Lipinski definition) is 3. The molecule has 0 aliphatic carbocycles. The van der Waals surface area contributed by atoms with E-state index in [1.165, 1.54) is 5.56 Å². The lowest BCUT2D eigenvalue weighted by molar-refractivity contribution is 0.690. The van der Waals surface area contributed by atoms with Crippen molar-refractivity contribution in [2.24, 2.45) is 0 Å². The van der Waals surface area contributed by atoms with E-state index in [4.69, 9.17) is 5.73 Å². The van der Waals surface area contributed by atoms with Gasteiger partial charge >= 0.3 is 0 Å². The summed E-state index contributed by atoms with van der Waals surface area (Å²) in [7, 11) is 0. The maximum Gasteiger partial charge on any atom is 0.125 e. The number of anilines is 1. The van der Waals surface area contributed by atoms with Gasteiger partial charge in [-0.1, -0.05) is 28.1 Å². The summed E-state index contributed by atoms with van der Waals surface area (Å²) in [6.07, 6.45) is 1.88. The molecule has 20 heavy (non-hydrogen) atoms. The van der Waals surface area contributed by atoms with E-state index in [-0.39, 0.29) is 0 Å². The molecule has 0 amide bonds. The van der Waals surface area contributed by atoms with Crippen molar-refractivity contribution in [1.29, 1.82) is 0 Å². The number of nitrogens with zero attached hydrogens (tertiary/aromatic N) is 2. The van der Waals surface area contributed by atoms with Gasteiger partial charge in [0.2, 0.25) is 0 Å². The number of benzene rings is 1. The van der Waals surface area contributed by atoms with E-state index in [1.807, 2.05) is 35.1 Å². The third-order valence-corrected chi connectivity index (χ3v) is 5.01. The van der Waals surface area contributed by atoms with Crippen LogP contribution in [0.2, 0.25) is 0 Å². The standard InChI is InChI=1S/C14H11Br2N3S/c15-10-3-1-9(2-4-10)7-19-8-11(17)14(18-19)12-5-6-13(16)20-12/h1-6,8H,7,17H2. The second-order valence-corrected chi connectivity index (χ2v) is 7.74. The van der Waals surface area contributed by atoms with Crippen molar-refractivity contribution in [1.82, 2.24) is 9.78 Å². The zero-order valence-electron chi connectivity index (χ0n) is 10.4. The lowest BCUT2D eigenvalue weighted by atomic mass is 10.2. The van der Waals surface area contributed by atoms with Gasteiger partial charge in [0, 0.05) is 10.7 Å². The van der Waals surface area contributed by atoms with Gasteiger partial charge in [-0.25, -0.2) is 0 Å². The fourth-order valence-corrected chi connectivity index (χ4v) is 3.58. The van der Waals surface area contributed by atoms with Gasteiger partial charge < -0.3 is 5.73 Å². The first-order valence-electron chi connectivity index (χ1n) is 5.95. The van der Waals surface area contributed by atoms with Crippen LogP contribution in [0.3, 0.4) is 0 Å². The van der Waals surface area contributed by atoms with Crippen LogP contribution in [0.4, 0.5) is 5.69 Å². The molecule has 2 heterocycles. The summed E-state index contributed by atoms with van der Waals surface area (Å²) >= 11 is 8.53. The summed E-state index contributed by atoms with van der Waals surface area (Å²) in [6, 6.07) is 12.2. The normalized spacial score (nSPS) is 10.9. The Kier molecular flexibility index (Phi) is 3.96. The van der Waals surface area contributed by atoms with Crippen molar-refractivity contribution in [2.45, 2.75) is 6.54 Å². The molecule has 0 aliphatic rings. The van der Waals surface area contributed by atoms with Crippen molar-refractivity contribution in [3.05, 3.63) is 56.4 Å². The van der Waals surface area contributed by atoms with Crippen molar-refractivity contribution in [2.75, 3.05) is 5.73 Å². The van der Waals surface area contributed by atoms with Gasteiger partial charge in [-0.15, -0.1) is 11.3 Å². The van der Waals surface area contributed by atoms with Crippen molar-refractivity contribution in [3.8, 4) is 10.6 Å². The molecule has 1 aromatic carbocycles. The Morgan fingerprint density at radius 2 is 1.85 bits per heavy atom. The molecule has 3 rings (SSSR count). The van der Waals surface area contributed by atoms with Gasteiger partial charge in [-0.05, 0) is 45.8 Å². The number of thiophene rings is 1. The van der Waals surface area contributed by atoms with Gasteiger partial charge in [-0.2, -0.15) is 5.10 Å². The van der Waals surface area contributed by atoms with Crippen molar-refractivity contribution < 1.29 is 0 Å². The number of halogens is 2. The number of nitrogens with two attached hydrogens (primary N) is 1. The molecular formula is C14H11Br2N3S. The second kappa shape index (κ2) is 5.71. The number of aromatic nitrogens is 2. The van der Waals surface area contributed by atoms with Gasteiger partial charge in [0.25, 0.3) is 0 Å². The number of hydrogen-bond donors (Lipinski definition) is 1. The van der Waals surface area contributed by atoms with E-state index in [0.29, 0.717) is 12.2 Å². The molecule has 2 N–H and O–H groups in total. The van der Waals surface area contributed by atoms with Crippen molar-refractivity contribution >= 4 is 48.9 Å². The first-order valence-corrected chi connectivity index (χ1v) is 8.35. The summed E-state index contributed by atoms with van der Waals surface area (Å²) < 4.78 is 4.03. The minimum atomic E-state index is 0.705. The molecule has 0 saturated heterocycles. The minimum Gasteiger partial charge on any atom is -0.396 e. The summed E-state index contributed by atoms with van der Waals surface area (Å²) in [4.78, 5) is 1.07. The van der Waals surface area contributed by atoms with Crippen LogP contribution < -0.4 is 5.73 Å². The third-order valence-electron chi connectivity index (χ3n) is 2.85. The lowest BCUT2D eigenvalue weighted by Gasteiger charge is -2.01. The van der Waals surface area contributed by atoms with Gasteiger partial charge in [0.1, 0.15) is 5.69 Å². The molecule has 3 aromatic rings. The topological polar surface area (TPSA) is 43.8 Å². The molecule has 0 radical (unpaired) electrons. The Labute approximate surface area is 137 Å². The van der Waals surface area contributed by atoms with Crippen LogP contribution in [-0.4, -0.2) is 9.78 Å². The third kappa shape index (κ3) is 2.97. The average molecular weight is 413 g/mol. The van der Waals surface area contributed by atoms with E-state index in [1.54, 1.807) is 11.3 Å². The monoisotopic (exact) mass is 411 g/mol. The van der Waals surface area contributed by atoms with E-state index in [0.717, 1.165) is 18.8 Å². The van der Waals surface area contributed by atoms with E-state index in [2.05, 4.69) is 49.1 Å². The highest BCUT2D eigenvalue weighted by Crippen LogP contribution is 2.33. The predicted molar refractivity (Wildman–Crippen MR) is 90.9 cm³/mol. The second-order valence-electron chi connectivity index (χ2n) is 4.36. The Morgan fingerprint density at radius 3 is 2.50 bits per heavy atom. The van der Waals surface area contributed by atoms with Gasteiger partial charge in [0.15, 0.2) is 0 Å². The molecule has 0 spiro atoms. The zero-order chi connectivity index (χ0) is 14.1. The van der Waals surface area contributed by atoms with Gasteiger partial charge in [0.05, 0.1) is 20.9 Å². The molecule has 0 aliphatic heterocycles. The highest BCUT2D eigenvalue weighted by Gasteiger charge is 2.11. The van der Waals surface area contributed by atoms with Crippen LogP contribution in [0.25, 0.3) is 10.6 Å². The Balaban J connectivity index is 1.87. The van der Waals surface area contributed by atoms with Crippen LogP contribution in [0.15, 0.2) is 50.9 Å². The smallest absolute Gasteiger partial charge is 0.125 e. The van der Waals surface area contributed by atoms with Crippen LogP contribution in [0, 0.1) is 0 Å². The summed E-state index contributed by atoms with van der Waals surface area (Å²) in [5.41, 5.74) is 8.80. The van der Waals surface area contributed by atoms with Crippen LogP contribution in [0.5, 0.6) is 0 Å². The molecule has 102 valence electrons. The Hall–Kier alpha value is -1.11. The summed E-state index contributed by atoms with van der Waals surface area (Å²) in [5.74, 6) is 0. The maximum atomic E-state index is 6.06. The fraction of sp³-hybridized carbons (Fsp3) is 0.0714. The van der Waals surface area contributed by atoms with E-state index < -0.39 is 0 Å². The summed E-state index contributed by atoms with van der Waals surface area (Å²) in [5, 5.41) is 4.58. The molecule has 0 bridgehead atoms. The lowest BCUT2D eigenvalue weighted by Crippen LogP contribution is -2.00. The van der Waals surface area contributed by atoms with Gasteiger partial charge in [-0.3, -0.25) is 4.68 Å². The molecule has 0 saturated carbocycles. The Bertz CT molecular complexity index is 731. The molecular weight excluding hydrogens is 402 g/mol. The van der Waals surface area contributed by atoms with Crippen molar-refractivity contribution in [3.63, 3.8) is 0 Å². The first-order chi connectivity index (χ1) is 9.61. The van der Waals surface area contributed by atoms with Crippen LogP contribution >= 0.6 is 43.2 Å². The number of rotatable bonds is 3.